The molecule has 4 atom stereocenters. The molecular formula is C47H63F3N6O10S. The van der Waals surface area contributed by atoms with E-state index in [0.29, 0.717) is 50.1 Å². The number of rotatable bonds is 17. The number of aryl methyl sites for hydroxylation is 1. The van der Waals surface area contributed by atoms with Crippen LogP contribution in [0.2, 0.25) is 0 Å². The van der Waals surface area contributed by atoms with Crippen LogP contribution in [0.4, 0.5) is 18.0 Å². The van der Waals surface area contributed by atoms with Crippen LogP contribution >= 0.6 is 0 Å². The number of hydrogen-bond donors (Lipinski definition) is 3. The molecule has 67 heavy (non-hydrogen) atoms. The first-order chi connectivity index (χ1) is 31.6. The normalized spacial score (nSPS) is 24.6. The zero-order valence-electron chi connectivity index (χ0n) is 38.9. The van der Waals surface area contributed by atoms with Gasteiger partial charge < -0.3 is 34.6 Å². The smallest absolute Gasteiger partial charge is 0.437 e. The Morgan fingerprint density at radius 2 is 1.79 bits per heavy atom. The number of nitrogens with one attached hydrogen (secondary N) is 3. The highest BCUT2D eigenvalue weighted by molar-refractivity contribution is 7.91. The number of ether oxygens (including phenoxy) is 3. The summed E-state index contributed by atoms with van der Waals surface area (Å²) in [5.74, 6) is -3.03. The van der Waals surface area contributed by atoms with Crippen molar-refractivity contribution in [1.82, 2.24) is 30.1 Å². The van der Waals surface area contributed by atoms with Gasteiger partial charge in [-0.25, -0.2) is 18.2 Å². The number of alkyl carbamates (subject to hydrolysis) is 1. The van der Waals surface area contributed by atoms with Crippen molar-refractivity contribution in [1.29, 1.82) is 0 Å². The number of carbonyl (C=O) groups excluding carboxylic acids is 5. The van der Waals surface area contributed by atoms with Gasteiger partial charge in [0.1, 0.15) is 29.5 Å². The second kappa shape index (κ2) is 19.5. The van der Waals surface area contributed by atoms with Crippen LogP contribution in [0.5, 0.6) is 11.5 Å². The van der Waals surface area contributed by atoms with Crippen LogP contribution in [-0.4, -0.2) is 114 Å². The number of allylic oxidation sites excluding steroid dienone is 1. The quantitative estimate of drug-likeness (QED) is 0.125. The third kappa shape index (κ3) is 11.1. The molecular weight excluding hydrogens is 898 g/mol. The summed E-state index contributed by atoms with van der Waals surface area (Å²) in [6.45, 7) is 9.43. The van der Waals surface area contributed by atoms with E-state index in [9.17, 15) is 45.6 Å². The second-order valence-electron chi connectivity index (χ2n) is 19.7. The van der Waals surface area contributed by atoms with Crippen LogP contribution in [-0.2, 0) is 46.5 Å². The Labute approximate surface area is 389 Å². The number of piperidine rings is 1. The Morgan fingerprint density at radius 3 is 2.45 bits per heavy atom. The molecule has 4 fully saturated rings. The molecule has 4 heterocycles. The van der Waals surface area contributed by atoms with Gasteiger partial charge in [-0.3, -0.25) is 23.9 Å². The number of carbonyl (C=O) groups is 5. The Bertz CT molecular complexity index is 2390. The molecule has 0 radical (unpaired) electrons. The van der Waals surface area contributed by atoms with E-state index in [1.807, 2.05) is 19.9 Å². The summed E-state index contributed by atoms with van der Waals surface area (Å²) in [7, 11) is -4.12. The van der Waals surface area contributed by atoms with Crippen molar-refractivity contribution in [3.63, 3.8) is 0 Å². The first kappa shape index (κ1) is 49.8. The highest BCUT2D eigenvalue weighted by Gasteiger charge is 2.64. The van der Waals surface area contributed by atoms with Gasteiger partial charge in [0.25, 0.3) is 5.91 Å². The number of likely N-dealkylation sites (tertiary alicyclic amines) is 2. The van der Waals surface area contributed by atoms with Crippen LogP contribution in [0.1, 0.15) is 117 Å². The topological polar surface area (TPSA) is 203 Å². The summed E-state index contributed by atoms with van der Waals surface area (Å²) in [5, 5.41) is 5.56. The van der Waals surface area contributed by atoms with Crippen molar-refractivity contribution in [2.24, 2.45) is 17.8 Å². The minimum Gasteiger partial charge on any atom is -0.493 e. The lowest BCUT2D eigenvalue weighted by molar-refractivity contribution is -0.144. The first-order valence-corrected chi connectivity index (χ1v) is 24.9. The van der Waals surface area contributed by atoms with E-state index >= 15 is 0 Å². The number of aromatic nitrogens is 1. The fourth-order valence-electron chi connectivity index (χ4n) is 9.26. The summed E-state index contributed by atoms with van der Waals surface area (Å²) in [6, 6.07) is 3.25. The fourth-order valence-corrected chi connectivity index (χ4v) is 10.6. The van der Waals surface area contributed by atoms with Crippen LogP contribution in [0.3, 0.4) is 0 Å². The maximum absolute atomic E-state index is 15.0. The van der Waals surface area contributed by atoms with Crippen LogP contribution < -0.4 is 24.8 Å². The molecule has 3 N–H and O–H groups in total. The van der Waals surface area contributed by atoms with Crippen molar-refractivity contribution in [3.8, 4) is 11.5 Å². The predicted octanol–water partition coefficient (Wildman–Crippen LogP) is 5.95. The van der Waals surface area contributed by atoms with E-state index in [2.05, 4.69) is 27.3 Å². The Kier molecular flexibility index (Phi) is 14.5. The number of sulfonamides is 1. The van der Waals surface area contributed by atoms with Crippen LogP contribution in [0.25, 0.3) is 10.9 Å². The SMILES string of the molecule is CCCCCC=CC1CC1(NC(=O)C1CC2(CCc3c(c(C(F)(F)F)nc4ccc(OCC5CCN(C(C)=O)CC5)cc34)O2)CN1C(=O)CNC(=O)OCC(C)C)C(=O)NS(=O)(=O)C1(C)CC1. The van der Waals surface area contributed by atoms with E-state index < -0.39 is 85.8 Å². The lowest BCUT2D eigenvalue weighted by Crippen LogP contribution is -2.57. The number of hydrogen-bond acceptors (Lipinski definition) is 11. The molecule has 0 bridgehead atoms. The number of halogens is 3. The number of amides is 5. The number of alkyl halides is 3. The fraction of sp³-hybridized carbons (Fsp3) is 0.660. The summed E-state index contributed by atoms with van der Waals surface area (Å²) in [6.07, 6.45) is 3.47. The zero-order valence-corrected chi connectivity index (χ0v) is 39.7. The molecule has 7 rings (SSSR count). The molecule has 20 heteroatoms. The monoisotopic (exact) mass is 960 g/mol. The molecule has 1 aromatic heterocycles. The van der Waals surface area contributed by atoms with Crippen molar-refractivity contribution in [3.05, 3.63) is 41.6 Å². The van der Waals surface area contributed by atoms with E-state index in [1.165, 1.54) is 19.9 Å². The van der Waals surface area contributed by atoms with Gasteiger partial charge in [0.2, 0.25) is 27.7 Å². The summed E-state index contributed by atoms with van der Waals surface area (Å²) >= 11 is 0. The van der Waals surface area contributed by atoms with Gasteiger partial charge in [-0.15, -0.1) is 0 Å². The molecule has 2 saturated heterocycles. The number of nitrogens with zero attached hydrogens (tertiary/aromatic N) is 3. The third-order valence-electron chi connectivity index (χ3n) is 13.9. The molecule has 2 saturated carbocycles. The number of unbranched alkanes of at least 4 members (excludes halogenated alkanes) is 3. The van der Waals surface area contributed by atoms with Gasteiger partial charge in [0, 0.05) is 43.3 Å². The zero-order chi connectivity index (χ0) is 48.5. The maximum Gasteiger partial charge on any atom is 0.437 e. The molecule has 1 spiro atoms. The van der Waals surface area contributed by atoms with Gasteiger partial charge in [0.05, 0.1) is 30.0 Å². The maximum atomic E-state index is 15.0. The van der Waals surface area contributed by atoms with Crippen molar-refractivity contribution in [2.75, 3.05) is 39.4 Å². The first-order valence-electron chi connectivity index (χ1n) is 23.5. The average Bonchev–Trinajstić information content (AvgIpc) is 4.17. The molecule has 5 aliphatic rings. The highest BCUT2D eigenvalue weighted by atomic mass is 32.2. The minimum absolute atomic E-state index is 0.00132. The number of fused-ring (bicyclic) bond motifs is 3. The molecule has 2 aromatic rings. The number of pyridine rings is 1. The van der Waals surface area contributed by atoms with Gasteiger partial charge >= 0.3 is 12.3 Å². The van der Waals surface area contributed by atoms with E-state index in [4.69, 9.17) is 14.2 Å². The van der Waals surface area contributed by atoms with E-state index in [1.54, 1.807) is 23.1 Å². The summed E-state index contributed by atoms with van der Waals surface area (Å²) in [5.41, 5.74) is -4.21. The van der Waals surface area contributed by atoms with E-state index in [0.717, 1.165) is 37.0 Å². The molecule has 368 valence electrons. The third-order valence-corrected chi connectivity index (χ3v) is 16.0. The Hall–Kier alpha value is -5.14. The summed E-state index contributed by atoms with van der Waals surface area (Å²) in [4.78, 5) is 74.0. The summed E-state index contributed by atoms with van der Waals surface area (Å²) < 4.78 is 90.2. The van der Waals surface area contributed by atoms with Crippen molar-refractivity contribution >= 4 is 50.6 Å². The van der Waals surface area contributed by atoms with E-state index in [-0.39, 0.29) is 67.7 Å². The minimum atomic E-state index is -4.96. The molecule has 3 aliphatic heterocycles. The average molecular weight is 961 g/mol. The van der Waals surface area contributed by atoms with Crippen molar-refractivity contribution in [2.45, 2.75) is 140 Å². The lowest BCUT2D eigenvalue weighted by atomic mass is 9.87. The predicted molar refractivity (Wildman–Crippen MR) is 240 cm³/mol. The molecule has 1 aromatic carbocycles. The van der Waals surface area contributed by atoms with Gasteiger partial charge in [-0.2, -0.15) is 13.2 Å². The van der Waals surface area contributed by atoms with Crippen molar-refractivity contribution < 1.29 is 59.8 Å². The molecule has 2 aliphatic carbocycles. The second-order valence-corrected chi connectivity index (χ2v) is 21.9. The molecule has 16 nitrogen and oxygen atoms in total. The largest absolute Gasteiger partial charge is 0.493 e. The van der Waals surface area contributed by atoms with Gasteiger partial charge in [-0.05, 0) is 94.7 Å². The van der Waals surface area contributed by atoms with Crippen LogP contribution in [0.15, 0.2) is 30.4 Å². The standard InChI is InChI=1S/C47H63F3N6O10S/c1-6-7-8-9-10-11-32-23-46(32,42(60)54-67(62,63)44(5)18-19-44)53-41(59)37-24-45(28-56(37)38(58)25-51-43(61)65-26-29(2)3)17-14-34-35-22-33(64-27-31-15-20-55(21-16-31)30(4)57)12-13-36(35)52-40(39(34)66-45)47(48,49)50/h10-13,22,29,31-32,37H,6-9,14-21,23-28H2,1-5H3,(H,51,61)(H,53,59)(H,54,60). The van der Waals surface area contributed by atoms with Crippen LogP contribution in [0, 0.1) is 17.8 Å². The van der Waals surface area contributed by atoms with Gasteiger partial charge in [0.15, 0.2) is 11.4 Å². The highest BCUT2D eigenvalue weighted by Crippen LogP contribution is 2.50. The molecule has 4 unspecified atom stereocenters. The lowest BCUT2D eigenvalue weighted by Gasteiger charge is -2.37. The Balaban J connectivity index is 1.17. The molecule has 5 amide bonds. The van der Waals surface area contributed by atoms with Gasteiger partial charge in [-0.1, -0.05) is 45.8 Å². The Morgan fingerprint density at radius 1 is 1.06 bits per heavy atom. The number of benzene rings is 1.